The minimum Gasteiger partial charge on any atom is -0.379 e. The fourth-order valence-corrected chi connectivity index (χ4v) is 4.26. The van der Waals surface area contributed by atoms with Crippen molar-refractivity contribution in [1.29, 1.82) is 0 Å². The predicted molar refractivity (Wildman–Crippen MR) is 179 cm³/mol. The van der Waals surface area contributed by atoms with Crippen molar-refractivity contribution in [2.75, 3.05) is 137 Å². The van der Waals surface area contributed by atoms with E-state index < -0.39 is 0 Å². The highest BCUT2D eigenvalue weighted by Crippen LogP contribution is 2.05. The van der Waals surface area contributed by atoms with Crippen LogP contribution in [0.4, 0.5) is 0 Å². The topological polar surface area (TPSA) is 92.3 Å². The van der Waals surface area contributed by atoms with Crippen LogP contribution in [0.2, 0.25) is 0 Å². The lowest BCUT2D eigenvalue weighted by atomic mass is 10.1. The summed E-state index contributed by atoms with van der Waals surface area (Å²) in [6.45, 7) is 14.1. The SMILES string of the molecule is CCCCCCCCOCCOCCOCCOCCOCCOCCOCCOCCOCCOCCCCCCI. The third kappa shape index (κ3) is 42.3. The van der Waals surface area contributed by atoms with Crippen LogP contribution in [-0.4, -0.2) is 137 Å². The van der Waals surface area contributed by atoms with Crippen LogP contribution in [0.3, 0.4) is 0 Å². The molecule has 0 unspecified atom stereocenters. The van der Waals surface area contributed by atoms with Gasteiger partial charge in [0.05, 0.1) is 119 Å². The maximum absolute atomic E-state index is 5.59. The van der Waals surface area contributed by atoms with E-state index in [4.69, 9.17) is 47.4 Å². The standard InChI is InChI=1S/C32H65IO10/c1-2-3-4-5-7-10-13-34-15-17-36-19-21-38-23-25-40-27-29-42-31-32-43-30-28-41-26-24-39-22-20-37-18-16-35-14-11-8-6-9-12-33/h2-32H2,1H3. The van der Waals surface area contributed by atoms with Crippen LogP contribution in [0, 0.1) is 0 Å². The first kappa shape index (κ1) is 43.3. The molecule has 0 aliphatic rings. The van der Waals surface area contributed by atoms with Gasteiger partial charge in [0, 0.05) is 13.2 Å². The monoisotopic (exact) mass is 736 g/mol. The third-order valence-corrected chi connectivity index (χ3v) is 6.93. The second-order valence-corrected chi connectivity index (χ2v) is 11.1. The number of rotatable bonds is 40. The molecule has 0 aromatic carbocycles. The maximum atomic E-state index is 5.59. The molecule has 0 aromatic rings. The number of alkyl halides is 1. The van der Waals surface area contributed by atoms with E-state index in [1.165, 1.54) is 55.8 Å². The lowest BCUT2D eigenvalue weighted by Crippen LogP contribution is -2.15. The van der Waals surface area contributed by atoms with Crippen molar-refractivity contribution < 1.29 is 47.4 Å². The predicted octanol–water partition coefficient (Wildman–Crippen LogP) is 5.51. The van der Waals surface area contributed by atoms with Crippen LogP contribution in [-0.2, 0) is 47.4 Å². The van der Waals surface area contributed by atoms with Gasteiger partial charge in [-0.05, 0) is 23.7 Å². The summed E-state index contributed by atoms with van der Waals surface area (Å²) in [4.78, 5) is 0. The van der Waals surface area contributed by atoms with Gasteiger partial charge in [-0.2, -0.15) is 0 Å². The molecule has 0 bridgehead atoms. The fourth-order valence-electron chi connectivity index (χ4n) is 3.72. The Balaban J connectivity index is 3.02. The van der Waals surface area contributed by atoms with Crippen LogP contribution in [0.15, 0.2) is 0 Å². The largest absolute Gasteiger partial charge is 0.379 e. The number of ether oxygens (including phenoxy) is 10. The second-order valence-electron chi connectivity index (χ2n) is 9.99. The van der Waals surface area contributed by atoms with Crippen LogP contribution < -0.4 is 0 Å². The van der Waals surface area contributed by atoms with Gasteiger partial charge < -0.3 is 47.4 Å². The van der Waals surface area contributed by atoms with E-state index in [-0.39, 0.29) is 0 Å². The first-order valence-corrected chi connectivity index (χ1v) is 18.3. The molecule has 0 aromatic heterocycles. The molecule has 10 nitrogen and oxygen atoms in total. The fraction of sp³-hybridized carbons (Fsp3) is 1.00. The molecule has 0 saturated heterocycles. The van der Waals surface area contributed by atoms with Gasteiger partial charge in [0.1, 0.15) is 0 Å². The van der Waals surface area contributed by atoms with Crippen molar-refractivity contribution in [2.24, 2.45) is 0 Å². The summed E-state index contributed by atoms with van der Waals surface area (Å²) in [6, 6.07) is 0. The quantitative estimate of drug-likeness (QED) is 0.0456. The van der Waals surface area contributed by atoms with E-state index in [1.807, 2.05) is 0 Å². The summed E-state index contributed by atoms with van der Waals surface area (Å²) in [6.07, 6.45) is 12.7. The van der Waals surface area contributed by atoms with Gasteiger partial charge in [-0.1, -0.05) is 74.5 Å². The number of halogens is 1. The van der Waals surface area contributed by atoms with E-state index in [0.717, 1.165) is 26.1 Å². The highest BCUT2D eigenvalue weighted by molar-refractivity contribution is 14.1. The molecule has 0 radical (unpaired) electrons. The maximum Gasteiger partial charge on any atom is 0.0701 e. The lowest BCUT2D eigenvalue weighted by molar-refractivity contribution is -0.0264. The first-order chi connectivity index (χ1) is 21.4. The van der Waals surface area contributed by atoms with Crippen LogP contribution >= 0.6 is 22.6 Å². The lowest BCUT2D eigenvalue weighted by Gasteiger charge is -2.09. The molecule has 260 valence electrons. The summed E-state index contributed by atoms with van der Waals surface area (Å²) in [5.74, 6) is 0. The Bertz CT molecular complexity index is 439. The number of hydrogen-bond acceptors (Lipinski definition) is 10. The van der Waals surface area contributed by atoms with Gasteiger partial charge in [-0.15, -0.1) is 0 Å². The Hall–Kier alpha value is 0.330. The minimum atomic E-state index is 0.534. The Morgan fingerprint density at radius 1 is 0.256 bits per heavy atom. The molecular weight excluding hydrogens is 671 g/mol. The molecule has 0 fully saturated rings. The molecule has 43 heavy (non-hydrogen) atoms. The number of unbranched alkanes of at least 4 members (excludes halogenated alkanes) is 8. The highest BCUT2D eigenvalue weighted by Gasteiger charge is 1.97. The van der Waals surface area contributed by atoms with E-state index >= 15 is 0 Å². The Morgan fingerprint density at radius 2 is 0.465 bits per heavy atom. The molecular formula is C32H65IO10. The van der Waals surface area contributed by atoms with E-state index in [0.29, 0.717) is 119 Å². The highest BCUT2D eigenvalue weighted by atomic mass is 127. The molecule has 0 heterocycles. The van der Waals surface area contributed by atoms with Crippen LogP contribution in [0.25, 0.3) is 0 Å². The summed E-state index contributed by atoms with van der Waals surface area (Å²) < 4.78 is 56.4. The normalized spacial score (nSPS) is 11.6. The number of hydrogen-bond donors (Lipinski definition) is 0. The van der Waals surface area contributed by atoms with Crippen molar-refractivity contribution in [3.05, 3.63) is 0 Å². The third-order valence-electron chi connectivity index (χ3n) is 6.16. The molecule has 0 spiro atoms. The molecule has 0 atom stereocenters. The first-order valence-electron chi connectivity index (χ1n) is 16.7. The zero-order chi connectivity index (χ0) is 31.0. The molecule has 0 amide bonds. The summed E-state index contributed by atoms with van der Waals surface area (Å²) >= 11 is 2.42. The Kier molecular flexibility index (Phi) is 42.7. The Labute approximate surface area is 276 Å². The molecule has 11 heteroatoms. The minimum absolute atomic E-state index is 0.534. The average molecular weight is 737 g/mol. The van der Waals surface area contributed by atoms with Crippen molar-refractivity contribution in [3.8, 4) is 0 Å². The van der Waals surface area contributed by atoms with Gasteiger partial charge in [0.2, 0.25) is 0 Å². The van der Waals surface area contributed by atoms with Crippen molar-refractivity contribution in [2.45, 2.75) is 71.1 Å². The second kappa shape index (κ2) is 42.3. The molecule has 0 N–H and O–H groups in total. The zero-order valence-electron chi connectivity index (χ0n) is 27.4. The zero-order valence-corrected chi connectivity index (χ0v) is 29.5. The van der Waals surface area contributed by atoms with Crippen molar-refractivity contribution >= 4 is 22.6 Å². The van der Waals surface area contributed by atoms with E-state index in [2.05, 4.69) is 29.5 Å². The smallest absolute Gasteiger partial charge is 0.0701 e. The van der Waals surface area contributed by atoms with Crippen molar-refractivity contribution in [1.82, 2.24) is 0 Å². The van der Waals surface area contributed by atoms with Gasteiger partial charge in [0.25, 0.3) is 0 Å². The summed E-state index contributed by atoms with van der Waals surface area (Å²) in [5, 5.41) is 0. The van der Waals surface area contributed by atoms with E-state index in [9.17, 15) is 0 Å². The van der Waals surface area contributed by atoms with Gasteiger partial charge in [0.15, 0.2) is 0 Å². The van der Waals surface area contributed by atoms with Crippen molar-refractivity contribution in [3.63, 3.8) is 0 Å². The molecule has 0 aliphatic carbocycles. The van der Waals surface area contributed by atoms with Crippen LogP contribution in [0.1, 0.15) is 71.1 Å². The summed E-state index contributed by atoms with van der Waals surface area (Å²) in [5.41, 5.74) is 0. The van der Waals surface area contributed by atoms with Gasteiger partial charge >= 0.3 is 0 Å². The van der Waals surface area contributed by atoms with Crippen LogP contribution in [0.5, 0.6) is 0 Å². The van der Waals surface area contributed by atoms with E-state index in [1.54, 1.807) is 0 Å². The summed E-state index contributed by atoms with van der Waals surface area (Å²) in [7, 11) is 0. The van der Waals surface area contributed by atoms with Gasteiger partial charge in [-0.25, -0.2) is 0 Å². The Morgan fingerprint density at radius 3 is 0.721 bits per heavy atom. The van der Waals surface area contributed by atoms with Gasteiger partial charge in [-0.3, -0.25) is 0 Å². The average Bonchev–Trinajstić information content (AvgIpc) is 3.02. The molecule has 0 aliphatic heterocycles. The molecule has 0 rings (SSSR count). The molecule has 0 saturated carbocycles.